The summed E-state index contributed by atoms with van der Waals surface area (Å²) in [4.78, 5) is 24.9. The van der Waals surface area contributed by atoms with Crippen LogP contribution in [0.5, 0.6) is 0 Å². The van der Waals surface area contributed by atoms with Gasteiger partial charge >= 0.3 is 5.69 Å². The molecule has 1 aliphatic rings. The number of fused-ring (bicyclic) bond motifs is 1. The minimum absolute atomic E-state index is 0.0230. The molecule has 1 aromatic heterocycles. The first-order valence-electron chi connectivity index (χ1n) is 8.96. The number of nitrogens with one attached hydrogen (secondary N) is 2. The number of rotatable bonds is 5. The summed E-state index contributed by atoms with van der Waals surface area (Å²) in [6, 6.07) is 9.48. The van der Waals surface area contributed by atoms with Crippen molar-refractivity contribution in [1.82, 2.24) is 13.9 Å². The largest absolute Gasteiger partial charge is 0.328 e. The molecule has 8 nitrogen and oxygen atoms in total. The Morgan fingerprint density at radius 1 is 1.07 bits per heavy atom. The van der Waals surface area contributed by atoms with Gasteiger partial charge in [0.1, 0.15) is 0 Å². The first-order chi connectivity index (χ1) is 13.7. The van der Waals surface area contributed by atoms with E-state index in [1.807, 2.05) is 0 Å². The van der Waals surface area contributed by atoms with Crippen LogP contribution in [0.3, 0.4) is 0 Å². The summed E-state index contributed by atoms with van der Waals surface area (Å²) in [5.74, 6) is -0.458. The van der Waals surface area contributed by atoms with Gasteiger partial charge in [0.05, 0.1) is 21.5 Å². The number of aryl methyl sites for hydroxylation is 2. The zero-order valence-electron chi connectivity index (χ0n) is 15.8. The predicted octanol–water partition coefficient (Wildman–Crippen LogP) is 2.33. The second-order valence-electron chi connectivity index (χ2n) is 7.10. The minimum atomic E-state index is -3.67. The predicted molar refractivity (Wildman–Crippen MR) is 114 cm³/mol. The number of imidazole rings is 1. The van der Waals surface area contributed by atoms with E-state index in [4.69, 9.17) is 0 Å². The molecule has 2 aromatic carbocycles. The summed E-state index contributed by atoms with van der Waals surface area (Å²) in [7, 11) is -0.328. The number of carbonyl (C=O) groups is 1. The number of nitrogens with zero attached hydrogens (tertiary/aromatic N) is 2. The van der Waals surface area contributed by atoms with Crippen LogP contribution in [0, 0.1) is 0 Å². The van der Waals surface area contributed by atoms with Gasteiger partial charge in [-0.3, -0.25) is 13.9 Å². The molecular formula is C19H19BrN4O4S. The Morgan fingerprint density at radius 3 is 2.45 bits per heavy atom. The maximum atomic E-state index is 12.8. The molecule has 1 fully saturated rings. The quantitative estimate of drug-likeness (QED) is 0.587. The van der Waals surface area contributed by atoms with E-state index in [0.717, 1.165) is 18.4 Å². The monoisotopic (exact) mass is 478 g/mol. The van der Waals surface area contributed by atoms with Crippen LogP contribution in [0.25, 0.3) is 11.0 Å². The normalized spacial score (nSPS) is 14.3. The summed E-state index contributed by atoms with van der Waals surface area (Å²) in [6.45, 7) is 0. The molecule has 0 spiro atoms. The Morgan fingerprint density at radius 2 is 1.76 bits per heavy atom. The minimum Gasteiger partial charge on any atom is -0.322 e. The standard InChI is InChI=1S/C19H19BrN4O4S/c1-23-16-8-5-12(9-17(16)24(2)19(23)26)21-18(25)14-10-13(6-7-15(14)20)29(27,28)22-11-3-4-11/h5-11,22H,3-4H2,1-2H3,(H,21,25). The highest BCUT2D eigenvalue weighted by Gasteiger charge is 2.28. The molecule has 0 saturated heterocycles. The number of benzene rings is 2. The molecule has 10 heteroatoms. The highest BCUT2D eigenvalue weighted by molar-refractivity contribution is 9.10. The van der Waals surface area contributed by atoms with E-state index in [2.05, 4.69) is 26.0 Å². The van der Waals surface area contributed by atoms with Crippen molar-refractivity contribution in [2.75, 3.05) is 5.32 Å². The fourth-order valence-corrected chi connectivity index (χ4v) is 4.87. The molecule has 0 bridgehead atoms. The number of anilines is 1. The Bertz CT molecular complexity index is 1310. The first-order valence-corrected chi connectivity index (χ1v) is 11.2. The zero-order valence-corrected chi connectivity index (χ0v) is 18.2. The average Bonchev–Trinajstić information content (AvgIpc) is 3.46. The summed E-state index contributed by atoms with van der Waals surface area (Å²) in [6.07, 6.45) is 1.65. The van der Waals surface area contributed by atoms with Gasteiger partial charge in [-0.05, 0) is 65.2 Å². The van der Waals surface area contributed by atoms with Crippen LogP contribution in [-0.4, -0.2) is 29.5 Å². The van der Waals surface area contributed by atoms with Gasteiger partial charge in [-0.2, -0.15) is 0 Å². The van der Waals surface area contributed by atoms with Crippen LogP contribution >= 0.6 is 15.9 Å². The van der Waals surface area contributed by atoms with E-state index in [1.54, 1.807) is 38.4 Å². The molecule has 4 rings (SSSR count). The van der Waals surface area contributed by atoms with E-state index >= 15 is 0 Å². The Labute approximate surface area is 175 Å². The summed E-state index contributed by atoms with van der Waals surface area (Å²) in [5, 5.41) is 2.77. The molecule has 0 radical (unpaired) electrons. The van der Waals surface area contributed by atoms with Crippen LogP contribution < -0.4 is 15.7 Å². The number of sulfonamides is 1. The maximum absolute atomic E-state index is 12.8. The summed E-state index contributed by atoms with van der Waals surface area (Å²) >= 11 is 3.31. The van der Waals surface area contributed by atoms with Crippen molar-refractivity contribution in [3.05, 3.63) is 56.9 Å². The number of halogens is 1. The van der Waals surface area contributed by atoms with Crippen molar-refractivity contribution >= 4 is 48.6 Å². The van der Waals surface area contributed by atoms with Crippen LogP contribution in [0.4, 0.5) is 5.69 Å². The lowest BCUT2D eigenvalue weighted by atomic mass is 10.2. The molecule has 1 amide bonds. The van der Waals surface area contributed by atoms with Crippen LogP contribution in [0.15, 0.2) is 50.6 Å². The third kappa shape index (κ3) is 3.75. The van der Waals surface area contributed by atoms with Gasteiger partial charge in [0.2, 0.25) is 10.0 Å². The third-order valence-electron chi connectivity index (χ3n) is 4.92. The molecule has 1 saturated carbocycles. The van der Waals surface area contributed by atoms with Gasteiger partial charge in [0.25, 0.3) is 5.91 Å². The van der Waals surface area contributed by atoms with E-state index < -0.39 is 15.9 Å². The van der Waals surface area contributed by atoms with Crippen molar-refractivity contribution in [2.45, 2.75) is 23.8 Å². The molecule has 0 unspecified atom stereocenters. The smallest absolute Gasteiger partial charge is 0.322 e. The van der Waals surface area contributed by atoms with Crippen molar-refractivity contribution < 1.29 is 13.2 Å². The molecule has 1 aliphatic carbocycles. The molecular weight excluding hydrogens is 460 g/mol. The number of aromatic nitrogens is 2. The van der Waals surface area contributed by atoms with E-state index in [1.165, 1.54) is 21.3 Å². The second kappa shape index (κ2) is 7.12. The molecule has 3 aromatic rings. The Hall–Kier alpha value is -2.43. The van der Waals surface area contributed by atoms with E-state index in [0.29, 0.717) is 15.7 Å². The van der Waals surface area contributed by atoms with Gasteiger partial charge in [0.15, 0.2) is 0 Å². The van der Waals surface area contributed by atoms with Crippen LogP contribution in [-0.2, 0) is 24.1 Å². The zero-order chi connectivity index (χ0) is 20.9. The van der Waals surface area contributed by atoms with Gasteiger partial charge in [-0.15, -0.1) is 0 Å². The molecule has 29 heavy (non-hydrogen) atoms. The van der Waals surface area contributed by atoms with E-state index in [-0.39, 0.29) is 22.2 Å². The second-order valence-corrected chi connectivity index (χ2v) is 9.66. The fourth-order valence-electron chi connectivity index (χ4n) is 3.12. The van der Waals surface area contributed by atoms with Gasteiger partial charge in [0, 0.05) is 30.3 Å². The molecule has 0 aliphatic heterocycles. The lowest BCUT2D eigenvalue weighted by molar-refractivity contribution is 0.102. The molecule has 152 valence electrons. The number of hydrogen-bond donors (Lipinski definition) is 2. The molecule has 1 heterocycles. The Balaban J connectivity index is 1.64. The SMILES string of the molecule is Cn1c(=O)n(C)c2cc(NC(=O)c3cc(S(=O)(=O)NC4CC4)ccc3Br)ccc21. The highest BCUT2D eigenvalue weighted by atomic mass is 79.9. The number of hydrogen-bond acceptors (Lipinski definition) is 4. The van der Waals surface area contributed by atoms with Gasteiger partial charge in [-0.1, -0.05) is 0 Å². The summed E-state index contributed by atoms with van der Waals surface area (Å²) < 4.78 is 31.0. The lowest BCUT2D eigenvalue weighted by Crippen LogP contribution is -2.26. The first kappa shape index (κ1) is 19.9. The number of amides is 1. The number of carbonyl (C=O) groups excluding carboxylic acids is 1. The topological polar surface area (TPSA) is 102 Å². The van der Waals surface area contributed by atoms with Crippen molar-refractivity contribution in [3.8, 4) is 0 Å². The molecule has 2 N–H and O–H groups in total. The summed E-state index contributed by atoms with van der Waals surface area (Å²) in [5.41, 5.74) is 1.97. The van der Waals surface area contributed by atoms with Crippen molar-refractivity contribution in [3.63, 3.8) is 0 Å². The van der Waals surface area contributed by atoms with E-state index in [9.17, 15) is 18.0 Å². The van der Waals surface area contributed by atoms with Crippen LogP contribution in [0.2, 0.25) is 0 Å². The maximum Gasteiger partial charge on any atom is 0.328 e. The highest BCUT2D eigenvalue weighted by Crippen LogP contribution is 2.26. The Kier molecular flexibility index (Phi) is 4.88. The third-order valence-corrected chi connectivity index (χ3v) is 7.13. The van der Waals surface area contributed by atoms with Crippen molar-refractivity contribution in [2.24, 2.45) is 14.1 Å². The van der Waals surface area contributed by atoms with Crippen molar-refractivity contribution in [1.29, 1.82) is 0 Å². The fraction of sp³-hybridized carbons (Fsp3) is 0.263. The average molecular weight is 479 g/mol. The lowest BCUT2D eigenvalue weighted by Gasteiger charge is -2.10. The van der Waals surface area contributed by atoms with Gasteiger partial charge < -0.3 is 5.32 Å². The van der Waals surface area contributed by atoms with Gasteiger partial charge in [-0.25, -0.2) is 17.9 Å². The van der Waals surface area contributed by atoms with Crippen LogP contribution in [0.1, 0.15) is 23.2 Å². The molecule has 0 atom stereocenters.